The zero-order chi connectivity index (χ0) is 22.1. The standard InChI is InChI=1S/C18H9Cl2F4N3O3/c19-10-2-1-3-11(21)12(10)16(28)26-17(29)25-15-13(20)14(30-27-15)8-4-6-9(7-5-8)18(22,23)24/h1-7H,(H2,25,26,27,28,29). The molecule has 2 aromatic carbocycles. The molecule has 0 radical (unpaired) electrons. The Morgan fingerprint density at radius 1 is 1.03 bits per heavy atom. The fourth-order valence-corrected chi connectivity index (χ4v) is 2.84. The molecule has 0 saturated heterocycles. The highest BCUT2D eigenvalue weighted by Gasteiger charge is 2.30. The molecule has 6 nitrogen and oxygen atoms in total. The Kier molecular flexibility index (Phi) is 5.99. The Morgan fingerprint density at radius 3 is 2.30 bits per heavy atom. The molecule has 0 bridgehead atoms. The number of hydrogen-bond acceptors (Lipinski definition) is 4. The number of nitrogens with zero attached hydrogens (tertiary/aromatic N) is 1. The number of rotatable bonds is 3. The van der Waals surface area contributed by atoms with Crippen molar-refractivity contribution in [2.45, 2.75) is 6.18 Å². The van der Waals surface area contributed by atoms with E-state index in [4.69, 9.17) is 27.7 Å². The lowest BCUT2D eigenvalue weighted by atomic mass is 10.1. The van der Waals surface area contributed by atoms with Crippen LogP contribution in [0.2, 0.25) is 10.0 Å². The number of nitrogens with one attached hydrogen (secondary N) is 2. The van der Waals surface area contributed by atoms with Crippen LogP contribution in [-0.2, 0) is 6.18 Å². The number of carbonyl (C=O) groups is 2. The number of alkyl halides is 3. The van der Waals surface area contributed by atoms with Crippen LogP contribution >= 0.6 is 23.2 Å². The first-order chi connectivity index (χ1) is 14.1. The molecule has 2 N–H and O–H groups in total. The van der Waals surface area contributed by atoms with Gasteiger partial charge >= 0.3 is 12.2 Å². The first-order valence-corrected chi connectivity index (χ1v) is 8.72. The van der Waals surface area contributed by atoms with E-state index in [0.29, 0.717) is 0 Å². The molecular weight excluding hydrogens is 453 g/mol. The molecule has 0 aliphatic rings. The summed E-state index contributed by atoms with van der Waals surface area (Å²) in [5.74, 6) is -2.46. The van der Waals surface area contributed by atoms with Gasteiger partial charge in [-0.15, -0.1) is 0 Å². The molecule has 1 heterocycles. The number of imide groups is 1. The topological polar surface area (TPSA) is 84.2 Å². The molecule has 0 aliphatic heterocycles. The number of urea groups is 1. The highest BCUT2D eigenvalue weighted by atomic mass is 35.5. The summed E-state index contributed by atoms with van der Waals surface area (Å²) in [5, 5.41) is 7.05. The van der Waals surface area contributed by atoms with Crippen LogP contribution in [0.25, 0.3) is 11.3 Å². The Morgan fingerprint density at radius 2 is 1.70 bits per heavy atom. The lowest BCUT2D eigenvalue weighted by molar-refractivity contribution is -0.137. The Balaban J connectivity index is 1.73. The van der Waals surface area contributed by atoms with Crippen molar-refractivity contribution in [3.8, 4) is 11.3 Å². The molecule has 0 aliphatic carbocycles. The number of amides is 3. The second-order valence-corrected chi connectivity index (χ2v) is 6.54. The van der Waals surface area contributed by atoms with Crippen molar-refractivity contribution < 1.29 is 31.7 Å². The molecule has 0 atom stereocenters. The van der Waals surface area contributed by atoms with Gasteiger partial charge in [0.25, 0.3) is 5.91 Å². The van der Waals surface area contributed by atoms with Gasteiger partial charge in [0.1, 0.15) is 10.8 Å². The maximum Gasteiger partial charge on any atom is 0.416 e. The van der Waals surface area contributed by atoms with Crippen LogP contribution in [0.15, 0.2) is 47.0 Å². The smallest absolute Gasteiger partial charge is 0.352 e. The van der Waals surface area contributed by atoms with E-state index in [1.165, 1.54) is 12.1 Å². The minimum atomic E-state index is -4.51. The summed E-state index contributed by atoms with van der Waals surface area (Å²) in [4.78, 5) is 24.0. The van der Waals surface area contributed by atoms with E-state index in [0.717, 1.165) is 30.3 Å². The fraction of sp³-hybridized carbons (Fsp3) is 0.0556. The first kappa shape index (κ1) is 21.6. The third-order valence-electron chi connectivity index (χ3n) is 3.76. The fourth-order valence-electron chi connectivity index (χ4n) is 2.37. The van der Waals surface area contributed by atoms with Crippen molar-refractivity contribution in [2.75, 3.05) is 5.32 Å². The SMILES string of the molecule is O=C(NC(=O)c1c(F)cccc1Cl)Nc1noc(-c2ccc(C(F)(F)F)cc2)c1Cl. The summed E-state index contributed by atoms with van der Waals surface area (Å²) in [6, 6.07) is 6.30. The van der Waals surface area contributed by atoms with Crippen LogP contribution < -0.4 is 10.6 Å². The molecule has 3 amide bonds. The van der Waals surface area contributed by atoms with Gasteiger partial charge in [-0.25, -0.2) is 9.18 Å². The summed E-state index contributed by atoms with van der Waals surface area (Å²) >= 11 is 11.8. The van der Waals surface area contributed by atoms with Gasteiger partial charge in [0.15, 0.2) is 11.6 Å². The van der Waals surface area contributed by atoms with Crippen molar-refractivity contribution in [1.29, 1.82) is 0 Å². The van der Waals surface area contributed by atoms with Gasteiger partial charge in [-0.3, -0.25) is 15.4 Å². The Bertz CT molecular complexity index is 1090. The predicted octanol–water partition coefficient (Wildman–Crippen LogP) is 5.77. The van der Waals surface area contributed by atoms with Gasteiger partial charge in [0, 0.05) is 5.56 Å². The van der Waals surface area contributed by atoms with Crippen LogP contribution in [0.3, 0.4) is 0 Å². The Hall–Kier alpha value is -3.11. The summed E-state index contributed by atoms with van der Waals surface area (Å²) in [6.45, 7) is 0. The van der Waals surface area contributed by atoms with E-state index < -0.39 is 35.1 Å². The maximum atomic E-state index is 13.7. The lowest BCUT2D eigenvalue weighted by Gasteiger charge is -2.07. The monoisotopic (exact) mass is 461 g/mol. The normalized spacial score (nSPS) is 11.3. The molecule has 156 valence electrons. The van der Waals surface area contributed by atoms with Crippen LogP contribution in [-0.4, -0.2) is 17.1 Å². The summed E-state index contributed by atoms with van der Waals surface area (Å²) in [6.07, 6.45) is -4.51. The molecule has 1 aromatic heterocycles. The van der Waals surface area contributed by atoms with Crippen molar-refractivity contribution >= 4 is 41.0 Å². The van der Waals surface area contributed by atoms with Gasteiger partial charge in [-0.2, -0.15) is 13.2 Å². The van der Waals surface area contributed by atoms with Crippen molar-refractivity contribution in [1.82, 2.24) is 10.5 Å². The summed E-state index contributed by atoms with van der Waals surface area (Å²) in [7, 11) is 0. The minimum Gasteiger partial charge on any atom is -0.352 e. The number of halogens is 6. The molecule has 3 rings (SSSR count). The molecule has 0 unspecified atom stereocenters. The zero-order valence-electron chi connectivity index (χ0n) is 14.5. The van der Waals surface area contributed by atoms with Gasteiger partial charge in [-0.1, -0.05) is 46.6 Å². The second-order valence-electron chi connectivity index (χ2n) is 5.75. The van der Waals surface area contributed by atoms with Crippen LogP contribution in [0, 0.1) is 5.82 Å². The lowest BCUT2D eigenvalue weighted by Crippen LogP contribution is -2.35. The third kappa shape index (κ3) is 4.55. The van der Waals surface area contributed by atoms with Gasteiger partial charge < -0.3 is 4.52 Å². The molecule has 0 fully saturated rings. The van der Waals surface area contributed by atoms with Crippen molar-refractivity contribution in [3.05, 3.63) is 69.5 Å². The third-order valence-corrected chi connectivity index (χ3v) is 4.42. The van der Waals surface area contributed by atoms with Gasteiger partial charge in [0.05, 0.1) is 16.1 Å². The molecule has 0 saturated carbocycles. The average molecular weight is 462 g/mol. The second kappa shape index (κ2) is 8.33. The molecule has 12 heteroatoms. The van der Waals surface area contributed by atoms with Crippen molar-refractivity contribution in [2.24, 2.45) is 0 Å². The summed E-state index contributed by atoms with van der Waals surface area (Å²) < 4.78 is 56.7. The van der Waals surface area contributed by atoms with Gasteiger partial charge in [-0.05, 0) is 24.3 Å². The quantitative estimate of drug-likeness (QED) is 0.485. The van der Waals surface area contributed by atoms with E-state index in [9.17, 15) is 27.2 Å². The number of benzene rings is 2. The van der Waals surface area contributed by atoms with E-state index in [1.54, 1.807) is 0 Å². The average Bonchev–Trinajstić information content (AvgIpc) is 3.01. The van der Waals surface area contributed by atoms with Gasteiger partial charge in [0.2, 0.25) is 0 Å². The van der Waals surface area contributed by atoms with E-state index in [1.807, 2.05) is 5.32 Å². The number of aromatic nitrogens is 1. The van der Waals surface area contributed by atoms with E-state index in [-0.39, 0.29) is 27.2 Å². The first-order valence-electron chi connectivity index (χ1n) is 7.97. The number of anilines is 1. The van der Waals surface area contributed by atoms with Crippen LogP contribution in [0.4, 0.5) is 28.2 Å². The molecule has 3 aromatic rings. The highest BCUT2D eigenvalue weighted by molar-refractivity contribution is 6.36. The maximum absolute atomic E-state index is 13.7. The summed E-state index contributed by atoms with van der Waals surface area (Å²) in [5.41, 5.74) is -1.24. The molecule has 30 heavy (non-hydrogen) atoms. The zero-order valence-corrected chi connectivity index (χ0v) is 16.0. The highest BCUT2D eigenvalue weighted by Crippen LogP contribution is 2.36. The molecule has 0 spiro atoms. The number of hydrogen-bond donors (Lipinski definition) is 2. The minimum absolute atomic E-state index is 0.107. The Labute approximate surface area is 175 Å². The predicted molar refractivity (Wildman–Crippen MR) is 99.8 cm³/mol. The van der Waals surface area contributed by atoms with E-state index >= 15 is 0 Å². The largest absolute Gasteiger partial charge is 0.416 e. The van der Waals surface area contributed by atoms with Crippen LogP contribution in [0.1, 0.15) is 15.9 Å². The number of carbonyl (C=O) groups excluding carboxylic acids is 2. The van der Waals surface area contributed by atoms with Crippen molar-refractivity contribution in [3.63, 3.8) is 0 Å². The van der Waals surface area contributed by atoms with Crippen LogP contribution in [0.5, 0.6) is 0 Å². The van der Waals surface area contributed by atoms with E-state index in [2.05, 4.69) is 10.5 Å². The molecular formula is C18H9Cl2F4N3O3.